The monoisotopic (exact) mass is 555 g/mol. The average molecular weight is 556 g/mol. The van der Waals surface area contributed by atoms with E-state index in [2.05, 4.69) is 15.3 Å². The molecule has 0 aliphatic heterocycles. The Hall–Kier alpha value is -4.22. The van der Waals surface area contributed by atoms with Gasteiger partial charge in [0.15, 0.2) is 11.5 Å². The number of nitrogens with zero attached hydrogens (tertiary/aromatic N) is 2. The minimum absolute atomic E-state index is 0. The molecular weight excluding hydrogens is 520 g/mol. The van der Waals surface area contributed by atoms with E-state index in [9.17, 15) is 13.6 Å². The topological polar surface area (TPSA) is 159 Å². The summed E-state index contributed by atoms with van der Waals surface area (Å²) in [6.07, 6.45) is 1.74. The summed E-state index contributed by atoms with van der Waals surface area (Å²) in [6.45, 7) is 6.87. The highest BCUT2D eigenvalue weighted by Crippen LogP contribution is 2.37. The van der Waals surface area contributed by atoms with E-state index < -0.39 is 23.6 Å². The van der Waals surface area contributed by atoms with Gasteiger partial charge in [0, 0.05) is 30.6 Å². The van der Waals surface area contributed by atoms with Crippen LogP contribution in [0.3, 0.4) is 0 Å². The van der Waals surface area contributed by atoms with Gasteiger partial charge in [-0.2, -0.15) is 8.78 Å². The van der Waals surface area contributed by atoms with Crippen molar-refractivity contribution in [3.63, 3.8) is 0 Å². The van der Waals surface area contributed by atoms with Crippen LogP contribution in [-0.4, -0.2) is 34.7 Å². The Morgan fingerprint density at radius 3 is 2.40 bits per heavy atom. The molecule has 1 amide bonds. The van der Waals surface area contributed by atoms with Gasteiger partial charge >= 0.3 is 0 Å². The molecule has 2 heterocycles. The number of benzene rings is 2. The quantitative estimate of drug-likeness (QED) is 0.230. The Balaban J connectivity index is 0.00000183. The van der Waals surface area contributed by atoms with Crippen LogP contribution in [0.2, 0.25) is 0 Å². The molecule has 214 valence electrons. The van der Waals surface area contributed by atoms with Gasteiger partial charge in [-0.3, -0.25) is 4.79 Å². The van der Waals surface area contributed by atoms with Crippen LogP contribution >= 0.6 is 0 Å². The van der Waals surface area contributed by atoms with Crippen LogP contribution in [0.5, 0.6) is 5.75 Å². The van der Waals surface area contributed by atoms with E-state index in [-0.39, 0.29) is 34.9 Å². The standard InChI is InChI=1S/C27H27F2N5O3.C2H6.H2O/c1-4-19(31)24-23(25(35)32-14-16-7-5-15(13-30)6-8-16)34-26(37-24)18-9-11-20(36-3)22-17(18)10-12-21(33-22)27(2,28)29;1-2;/h5-13,19,30H,4,14,31H2,1-3H3,(H,32,35);1-2H3;1H2/t19-;;/m0../s1. The molecule has 6 N–H and O–H groups in total. The maximum atomic E-state index is 13.9. The number of oxazole rings is 1. The predicted octanol–water partition coefficient (Wildman–Crippen LogP) is 5.55. The van der Waals surface area contributed by atoms with Crippen LogP contribution in [0.4, 0.5) is 8.78 Å². The minimum atomic E-state index is -3.13. The molecule has 1 atom stereocenters. The lowest BCUT2D eigenvalue weighted by atomic mass is 10.1. The number of halogens is 2. The maximum Gasteiger partial charge on any atom is 0.286 e. The molecule has 9 nitrogen and oxygen atoms in total. The smallest absolute Gasteiger partial charge is 0.286 e. The van der Waals surface area contributed by atoms with E-state index in [1.54, 1.807) is 24.3 Å². The third-order valence-corrected chi connectivity index (χ3v) is 5.96. The Kier molecular flexibility index (Phi) is 11.0. The highest BCUT2D eigenvalue weighted by Gasteiger charge is 2.29. The Labute approximate surface area is 231 Å². The van der Waals surface area contributed by atoms with Gasteiger partial charge in [0.1, 0.15) is 17.0 Å². The molecule has 0 saturated carbocycles. The van der Waals surface area contributed by atoms with Crippen molar-refractivity contribution < 1.29 is 28.2 Å². The fourth-order valence-corrected chi connectivity index (χ4v) is 3.83. The highest BCUT2D eigenvalue weighted by atomic mass is 19.3. The largest absolute Gasteiger partial charge is 0.494 e. The third-order valence-electron chi connectivity index (χ3n) is 5.96. The summed E-state index contributed by atoms with van der Waals surface area (Å²) in [4.78, 5) is 21.7. The molecule has 40 heavy (non-hydrogen) atoms. The second-order valence-corrected chi connectivity index (χ2v) is 8.61. The predicted molar refractivity (Wildman–Crippen MR) is 151 cm³/mol. The second kappa shape index (κ2) is 13.7. The van der Waals surface area contributed by atoms with Crippen molar-refractivity contribution in [1.82, 2.24) is 15.3 Å². The molecule has 0 aliphatic rings. The lowest BCUT2D eigenvalue weighted by molar-refractivity contribution is 0.0131. The number of rotatable bonds is 9. The number of ether oxygens (including phenoxy) is 1. The Morgan fingerprint density at radius 2 is 1.82 bits per heavy atom. The van der Waals surface area contributed by atoms with Gasteiger partial charge in [0.2, 0.25) is 5.89 Å². The summed E-state index contributed by atoms with van der Waals surface area (Å²) in [6, 6.07) is 12.6. The van der Waals surface area contributed by atoms with Crippen molar-refractivity contribution in [3.8, 4) is 17.2 Å². The molecule has 0 bridgehead atoms. The van der Waals surface area contributed by atoms with E-state index in [4.69, 9.17) is 20.3 Å². The Morgan fingerprint density at radius 1 is 1.15 bits per heavy atom. The fourth-order valence-electron chi connectivity index (χ4n) is 3.83. The number of hydrogen-bond acceptors (Lipinski definition) is 7. The molecule has 4 aromatic rings. The number of fused-ring (bicyclic) bond motifs is 1. The number of amides is 1. The zero-order chi connectivity index (χ0) is 28.7. The van der Waals surface area contributed by atoms with E-state index in [1.165, 1.54) is 25.5 Å². The van der Waals surface area contributed by atoms with Crippen molar-refractivity contribution in [2.75, 3.05) is 7.11 Å². The highest BCUT2D eigenvalue weighted by molar-refractivity contribution is 5.98. The average Bonchev–Trinajstić information content (AvgIpc) is 3.41. The van der Waals surface area contributed by atoms with Gasteiger partial charge in [-0.1, -0.05) is 45.0 Å². The molecule has 0 radical (unpaired) electrons. The van der Waals surface area contributed by atoms with Crippen LogP contribution in [0.1, 0.15) is 73.2 Å². The first-order valence-electron chi connectivity index (χ1n) is 12.7. The van der Waals surface area contributed by atoms with Crippen molar-refractivity contribution in [2.24, 2.45) is 5.73 Å². The minimum Gasteiger partial charge on any atom is -0.494 e. The van der Waals surface area contributed by atoms with Crippen LogP contribution in [0, 0.1) is 5.41 Å². The first-order chi connectivity index (χ1) is 18.7. The molecule has 2 aromatic heterocycles. The molecular formula is C29H35F2N5O4. The zero-order valence-corrected chi connectivity index (χ0v) is 23.1. The van der Waals surface area contributed by atoms with Gasteiger partial charge in [0.05, 0.1) is 13.2 Å². The number of nitrogens with two attached hydrogens (primary N) is 1. The summed E-state index contributed by atoms with van der Waals surface area (Å²) >= 11 is 0. The van der Waals surface area contributed by atoms with Gasteiger partial charge < -0.3 is 31.1 Å². The third kappa shape index (κ3) is 6.85. The number of carbonyl (C=O) groups excluding carboxylic acids is 1. The summed E-state index contributed by atoms with van der Waals surface area (Å²) in [5.41, 5.74) is 8.17. The first-order valence-corrected chi connectivity index (χ1v) is 12.7. The van der Waals surface area contributed by atoms with Crippen molar-refractivity contribution in [2.45, 2.75) is 52.6 Å². The Bertz CT molecular complexity index is 1450. The number of carbonyl (C=O) groups is 1. The lowest BCUT2D eigenvalue weighted by Crippen LogP contribution is -2.25. The summed E-state index contributed by atoms with van der Waals surface area (Å²) in [5, 5.41) is 10.6. The van der Waals surface area contributed by atoms with E-state index in [0.29, 0.717) is 23.1 Å². The molecule has 0 spiro atoms. The van der Waals surface area contributed by atoms with Gasteiger partial charge in [-0.05, 0) is 41.8 Å². The number of methoxy groups -OCH3 is 1. The van der Waals surface area contributed by atoms with E-state index in [0.717, 1.165) is 18.1 Å². The van der Waals surface area contributed by atoms with Crippen molar-refractivity contribution in [3.05, 3.63) is 76.8 Å². The van der Waals surface area contributed by atoms with Crippen molar-refractivity contribution in [1.29, 1.82) is 5.41 Å². The molecule has 0 aliphatic carbocycles. The number of alkyl halides is 2. The second-order valence-electron chi connectivity index (χ2n) is 8.61. The van der Waals surface area contributed by atoms with E-state index >= 15 is 0 Å². The molecule has 4 rings (SSSR count). The van der Waals surface area contributed by atoms with Crippen LogP contribution in [0.25, 0.3) is 22.4 Å². The molecule has 0 saturated heterocycles. The molecule has 0 unspecified atom stereocenters. The normalized spacial score (nSPS) is 11.6. The number of nitrogens with one attached hydrogen (secondary N) is 2. The summed E-state index contributed by atoms with van der Waals surface area (Å²) < 4.78 is 39.2. The first kappa shape index (κ1) is 32.0. The summed E-state index contributed by atoms with van der Waals surface area (Å²) in [5.74, 6) is -2.94. The van der Waals surface area contributed by atoms with Crippen LogP contribution in [-0.2, 0) is 12.5 Å². The van der Waals surface area contributed by atoms with Crippen LogP contribution in [0.15, 0.2) is 52.9 Å². The molecule has 2 aromatic carbocycles. The maximum absolute atomic E-state index is 13.9. The van der Waals surface area contributed by atoms with Gasteiger partial charge in [0.25, 0.3) is 11.8 Å². The number of hydrogen-bond donors (Lipinski definition) is 3. The van der Waals surface area contributed by atoms with E-state index in [1.807, 2.05) is 32.9 Å². The lowest BCUT2D eigenvalue weighted by Gasteiger charge is -2.13. The summed E-state index contributed by atoms with van der Waals surface area (Å²) in [7, 11) is 1.43. The molecule has 11 heteroatoms. The van der Waals surface area contributed by atoms with Crippen molar-refractivity contribution >= 4 is 23.0 Å². The number of pyridine rings is 1. The fraction of sp³-hybridized carbons (Fsp3) is 0.310. The molecule has 0 fully saturated rings. The zero-order valence-electron chi connectivity index (χ0n) is 23.1. The van der Waals surface area contributed by atoms with Gasteiger partial charge in [-0.15, -0.1) is 0 Å². The number of aromatic nitrogens is 2. The SMILES string of the molecule is CC.CC[C@H](N)c1oc(-c2ccc(OC)c3nc(C(C)(F)F)ccc23)nc1C(=O)NCc1ccc(C=N)cc1.O. The van der Waals surface area contributed by atoms with Gasteiger partial charge in [-0.25, -0.2) is 9.97 Å². The van der Waals surface area contributed by atoms with Crippen LogP contribution < -0.4 is 15.8 Å².